The van der Waals surface area contributed by atoms with Crippen molar-refractivity contribution in [3.63, 3.8) is 0 Å². The minimum atomic E-state index is 0.424. The molecule has 0 bridgehead atoms. The largest absolute Gasteiger partial charge is 0.285 e. The lowest BCUT2D eigenvalue weighted by molar-refractivity contribution is 0.560. The zero-order chi connectivity index (χ0) is 6.41. The van der Waals surface area contributed by atoms with Crippen molar-refractivity contribution in [2.75, 3.05) is 0 Å². The Balaban J connectivity index is 3.91. The van der Waals surface area contributed by atoms with Gasteiger partial charge in [0.2, 0.25) is 6.29 Å². The monoisotopic (exact) mass is 108 g/mol. The highest BCUT2D eigenvalue weighted by molar-refractivity contribution is 5.74. The Morgan fingerprint density at radius 1 is 1.88 bits per heavy atom. The van der Waals surface area contributed by atoms with E-state index in [-0.39, 0.29) is 0 Å². The summed E-state index contributed by atoms with van der Waals surface area (Å²) in [7, 11) is 0. The number of nitriles is 1. The summed E-state index contributed by atoms with van der Waals surface area (Å²) in [5, 5.41) is 7.99. The summed E-state index contributed by atoms with van der Waals surface area (Å²) in [6.07, 6.45) is 3.42. The smallest absolute Gasteiger partial charge is 0.229 e. The molecular weight excluding hydrogens is 102 g/mol. The molecule has 0 N–H and O–H groups in total. The lowest BCUT2D eigenvalue weighted by atomic mass is 10.2. The Morgan fingerprint density at radius 2 is 2.50 bits per heavy atom. The summed E-state index contributed by atoms with van der Waals surface area (Å²) in [6, 6.07) is 1.75. The van der Waals surface area contributed by atoms with Crippen LogP contribution < -0.4 is 0 Å². The van der Waals surface area contributed by atoms with Gasteiger partial charge >= 0.3 is 0 Å². The zero-order valence-electron chi connectivity index (χ0n) is 4.64. The molecule has 0 aromatic heterocycles. The van der Waals surface area contributed by atoms with Gasteiger partial charge in [0.15, 0.2) is 0 Å². The Hall–Kier alpha value is -1.10. The van der Waals surface area contributed by atoms with Gasteiger partial charge in [0.25, 0.3) is 0 Å². The Kier molecular flexibility index (Phi) is 3.51. The van der Waals surface area contributed by atoms with Gasteiger partial charge in [-0.1, -0.05) is 6.92 Å². The van der Waals surface area contributed by atoms with Gasteiger partial charge in [-0.3, -0.25) is 4.79 Å². The van der Waals surface area contributed by atoms with E-state index in [1.165, 1.54) is 6.08 Å². The molecule has 0 saturated carbocycles. The summed E-state index contributed by atoms with van der Waals surface area (Å²) < 4.78 is 0. The number of nitrogens with zero attached hydrogens (tertiary/aromatic N) is 1. The molecular formula is C6H6NO. The molecule has 0 saturated heterocycles. The third-order valence-electron chi connectivity index (χ3n) is 0.751. The highest BCUT2D eigenvalue weighted by Gasteiger charge is 1.87. The summed E-state index contributed by atoms with van der Waals surface area (Å²) in [5.41, 5.74) is 0.424. The zero-order valence-corrected chi connectivity index (χ0v) is 4.64. The van der Waals surface area contributed by atoms with Gasteiger partial charge in [0.1, 0.15) is 0 Å². The minimum absolute atomic E-state index is 0.424. The average molecular weight is 108 g/mol. The van der Waals surface area contributed by atoms with Crippen molar-refractivity contribution in [2.45, 2.75) is 13.3 Å². The van der Waals surface area contributed by atoms with Crippen LogP contribution in [0.15, 0.2) is 11.6 Å². The first kappa shape index (κ1) is 6.90. The highest BCUT2D eigenvalue weighted by Crippen LogP contribution is 1.92. The lowest BCUT2D eigenvalue weighted by Crippen LogP contribution is -1.78. The maximum Gasteiger partial charge on any atom is 0.229 e. The number of rotatable bonds is 2. The fourth-order valence-corrected chi connectivity index (χ4v) is 0.282. The molecule has 0 rings (SSSR count). The quantitative estimate of drug-likeness (QED) is 0.390. The summed E-state index contributed by atoms with van der Waals surface area (Å²) >= 11 is 0. The van der Waals surface area contributed by atoms with Crippen molar-refractivity contribution < 1.29 is 4.79 Å². The molecule has 0 aliphatic heterocycles. The van der Waals surface area contributed by atoms with Crippen LogP contribution in [0.4, 0.5) is 0 Å². The maximum absolute atomic E-state index is 9.78. The van der Waals surface area contributed by atoms with Crippen LogP contribution in [0.5, 0.6) is 0 Å². The molecule has 0 atom stereocenters. The van der Waals surface area contributed by atoms with Crippen LogP contribution in [-0.4, -0.2) is 6.29 Å². The van der Waals surface area contributed by atoms with E-state index in [1.54, 1.807) is 19.3 Å². The normalized spacial score (nSPS) is 10.2. The predicted molar refractivity (Wildman–Crippen MR) is 29.7 cm³/mol. The van der Waals surface area contributed by atoms with Crippen molar-refractivity contribution in [1.82, 2.24) is 0 Å². The Labute approximate surface area is 48.4 Å². The lowest BCUT2D eigenvalue weighted by Gasteiger charge is -1.80. The third-order valence-corrected chi connectivity index (χ3v) is 0.751. The SMILES string of the molecule is CCC([C]=O)=CC#N. The number of carbonyl (C=O) groups excluding carboxylic acids is 1. The van der Waals surface area contributed by atoms with Crippen LogP contribution >= 0.6 is 0 Å². The van der Waals surface area contributed by atoms with Crippen LogP contribution in [0.2, 0.25) is 0 Å². The summed E-state index contributed by atoms with van der Waals surface area (Å²) in [4.78, 5) is 9.78. The second-order valence-corrected chi connectivity index (χ2v) is 1.25. The van der Waals surface area contributed by atoms with Gasteiger partial charge in [-0.15, -0.1) is 0 Å². The van der Waals surface area contributed by atoms with Crippen LogP contribution in [0.1, 0.15) is 13.3 Å². The van der Waals surface area contributed by atoms with Crippen molar-refractivity contribution in [2.24, 2.45) is 0 Å². The summed E-state index contributed by atoms with van der Waals surface area (Å²) in [6.45, 7) is 1.80. The topological polar surface area (TPSA) is 40.9 Å². The van der Waals surface area contributed by atoms with Crippen molar-refractivity contribution in [3.05, 3.63) is 11.6 Å². The molecule has 0 aliphatic rings. The predicted octanol–water partition coefficient (Wildman–Crippen LogP) is 0.956. The molecule has 0 heterocycles. The molecule has 41 valence electrons. The van der Waals surface area contributed by atoms with E-state index in [0.717, 1.165) is 0 Å². The highest BCUT2D eigenvalue weighted by atomic mass is 16.1. The van der Waals surface area contributed by atoms with Crippen molar-refractivity contribution >= 4 is 6.29 Å². The van der Waals surface area contributed by atoms with Gasteiger partial charge in [-0.25, -0.2) is 0 Å². The maximum atomic E-state index is 9.78. The van der Waals surface area contributed by atoms with E-state index in [2.05, 4.69) is 0 Å². The van der Waals surface area contributed by atoms with Crippen LogP contribution in [0.25, 0.3) is 0 Å². The first-order chi connectivity index (χ1) is 3.85. The molecule has 0 aliphatic carbocycles. The van der Waals surface area contributed by atoms with Gasteiger partial charge in [-0.05, 0) is 6.42 Å². The van der Waals surface area contributed by atoms with E-state index in [0.29, 0.717) is 12.0 Å². The standard InChI is InChI=1S/C6H6NO/c1-2-6(5-8)3-4-7/h3H,2H2,1H3. The van der Waals surface area contributed by atoms with Crippen LogP contribution in [0.3, 0.4) is 0 Å². The van der Waals surface area contributed by atoms with Gasteiger partial charge in [0.05, 0.1) is 6.07 Å². The van der Waals surface area contributed by atoms with E-state index < -0.39 is 0 Å². The minimum Gasteiger partial charge on any atom is -0.285 e. The van der Waals surface area contributed by atoms with Gasteiger partial charge in [0, 0.05) is 11.6 Å². The van der Waals surface area contributed by atoms with E-state index in [4.69, 9.17) is 5.26 Å². The number of hydrogen-bond acceptors (Lipinski definition) is 2. The fraction of sp³-hybridized carbons (Fsp3) is 0.333. The molecule has 2 heteroatoms. The molecule has 0 fully saturated rings. The first-order valence-corrected chi connectivity index (χ1v) is 2.32. The molecule has 8 heavy (non-hydrogen) atoms. The van der Waals surface area contributed by atoms with E-state index in [1.807, 2.05) is 0 Å². The van der Waals surface area contributed by atoms with Crippen molar-refractivity contribution in [3.8, 4) is 6.07 Å². The molecule has 2 nitrogen and oxygen atoms in total. The molecule has 0 aromatic rings. The number of hydrogen-bond donors (Lipinski definition) is 0. The second kappa shape index (κ2) is 4.07. The first-order valence-electron chi connectivity index (χ1n) is 2.32. The fourth-order valence-electron chi connectivity index (χ4n) is 0.282. The second-order valence-electron chi connectivity index (χ2n) is 1.25. The van der Waals surface area contributed by atoms with Crippen LogP contribution in [-0.2, 0) is 4.79 Å². The van der Waals surface area contributed by atoms with Gasteiger partial charge < -0.3 is 0 Å². The molecule has 1 radical (unpaired) electrons. The van der Waals surface area contributed by atoms with Crippen LogP contribution in [0, 0.1) is 11.3 Å². The molecule has 0 amide bonds. The van der Waals surface area contributed by atoms with E-state index in [9.17, 15) is 4.79 Å². The van der Waals surface area contributed by atoms with Crippen molar-refractivity contribution in [1.29, 1.82) is 5.26 Å². The Bertz CT molecular complexity index is 141. The molecule has 0 unspecified atom stereocenters. The molecule has 0 aromatic carbocycles. The summed E-state index contributed by atoms with van der Waals surface area (Å²) in [5.74, 6) is 0. The molecule has 0 spiro atoms. The van der Waals surface area contributed by atoms with E-state index >= 15 is 0 Å². The third kappa shape index (κ3) is 2.14. The average Bonchev–Trinajstić information content (AvgIpc) is 1.83. The van der Waals surface area contributed by atoms with Gasteiger partial charge in [-0.2, -0.15) is 5.26 Å². The number of allylic oxidation sites excluding steroid dienone is 2. The Morgan fingerprint density at radius 3 is 2.62 bits per heavy atom.